The lowest BCUT2D eigenvalue weighted by molar-refractivity contribution is -0.140. The van der Waals surface area contributed by atoms with Crippen molar-refractivity contribution >= 4 is 11.8 Å². The van der Waals surface area contributed by atoms with Gasteiger partial charge in [0.25, 0.3) is 0 Å². The molecule has 0 aliphatic rings. The van der Waals surface area contributed by atoms with Crippen LogP contribution < -0.4 is 5.32 Å². The second-order valence-corrected chi connectivity index (χ2v) is 7.18. The Balaban J connectivity index is 5.15. The number of hydroxylamine groups is 2. The van der Waals surface area contributed by atoms with Gasteiger partial charge in [0, 0.05) is 20.3 Å². The minimum absolute atomic E-state index is 0.135. The summed E-state index contributed by atoms with van der Waals surface area (Å²) in [5, 5.41) is 13.4. The molecule has 2 atom stereocenters. The molecule has 0 aliphatic heterocycles. The maximum atomic E-state index is 12.6. The van der Waals surface area contributed by atoms with Crippen LogP contribution in [0.3, 0.4) is 0 Å². The number of nitrogens with zero attached hydrogens (tertiary/aromatic N) is 2. The Morgan fingerprint density at radius 3 is 2.26 bits per heavy atom. The Morgan fingerprint density at radius 2 is 1.87 bits per heavy atom. The first kappa shape index (κ1) is 21.4. The largest absolute Gasteiger partial charge is 0.347 e. The number of carbonyl (C=O) groups is 2. The van der Waals surface area contributed by atoms with Gasteiger partial charge in [0.1, 0.15) is 6.04 Å². The van der Waals surface area contributed by atoms with Crippen LogP contribution in [0.15, 0.2) is 12.8 Å². The molecule has 23 heavy (non-hydrogen) atoms. The molecule has 0 unspecified atom stereocenters. The van der Waals surface area contributed by atoms with Crippen molar-refractivity contribution in [2.45, 2.75) is 53.0 Å². The summed E-state index contributed by atoms with van der Waals surface area (Å²) < 4.78 is 0. The van der Waals surface area contributed by atoms with E-state index in [4.69, 9.17) is 0 Å². The van der Waals surface area contributed by atoms with Crippen molar-refractivity contribution < 1.29 is 14.8 Å². The van der Waals surface area contributed by atoms with E-state index >= 15 is 0 Å². The number of likely N-dealkylation sites (N-methyl/N-ethyl adjacent to an activating group) is 1. The predicted molar refractivity (Wildman–Crippen MR) is 91.8 cm³/mol. The molecule has 2 N–H and O–H groups in total. The molecule has 0 saturated carbocycles. The second kappa shape index (κ2) is 9.55. The molecule has 0 aromatic rings. The molecule has 0 rings (SSSR count). The van der Waals surface area contributed by atoms with Gasteiger partial charge in [-0.05, 0) is 11.8 Å². The Morgan fingerprint density at radius 1 is 1.30 bits per heavy atom. The van der Waals surface area contributed by atoms with Gasteiger partial charge in [-0.2, -0.15) is 0 Å². The molecule has 6 heteroatoms. The van der Waals surface area contributed by atoms with Crippen LogP contribution in [0.1, 0.15) is 47.0 Å². The summed E-state index contributed by atoms with van der Waals surface area (Å²) in [5.41, 5.74) is -0.399. The molecule has 0 aliphatic carbocycles. The number of unbranched alkanes of at least 4 members (excludes halogenated alkanes) is 1. The van der Waals surface area contributed by atoms with Gasteiger partial charge in [0.15, 0.2) is 0 Å². The van der Waals surface area contributed by atoms with Crippen LogP contribution in [0.25, 0.3) is 0 Å². The zero-order valence-corrected chi connectivity index (χ0v) is 15.4. The third-order valence-electron chi connectivity index (χ3n) is 3.74. The van der Waals surface area contributed by atoms with Gasteiger partial charge in [-0.25, -0.2) is 0 Å². The first-order chi connectivity index (χ1) is 10.5. The number of amides is 2. The van der Waals surface area contributed by atoms with Gasteiger partial charge in [-0.15, -0.1) is 0 Å². The van der Waals surface area contributed by atoms with E-state index in [1.54, 1.807) is 14.1 Å². The molecule has 0 heterocycles. The fraction of sp³-hybridized carbons (Fsp3) is 0.765. The van der Waals surface area contributed by atoms with Gasteiger partial charge in [0.2, 0.25) is 11.8 Å². The first-order valence-corrected chi connectivity index (χ1v) is 8.14. The van der Waals surface area contributed by atoms with E-state index in [2.05, 4.69) is 11.9 Å². The third-order valence-corrected chi connectivity index (χ3v) is 3.74. The van der Waals surface area contributed by atoms with Crippen LogP contribution >= 0.6 is 0 Å². The topological polar surface area (TPSA) is 72.9 Å². The molecule has 0 fully saturated rings. The maximum Gasteiger partial charge on any atom is 0.245 e. The minimum Gasteiger partial charge on any atom is -0.347 e. The third kappa shape index (κ3) is 7.50. The molecule has 0 spiro atoms. The Bertz CT molecular complexity index is 402. The Kier molecular flexibility index (Phi) is 8.90. The molecule has 2 amide bonds. The van der Waals surface area contributed by atoms with Gasteiger partial charge in [-0.3, -0.25) is 19.9 Å². The summed E-state index contributed by atoms with van der Waals surface area (Å²) in [4.78, 5) is 26.5. The number of hydrogen-bond acceptors (Lipinski definition) is 4. The van der Waals surface area contributed by atoms with Crippen LogP contribution in [0.5, 0.6) is 0 Å². The lowest BCUT2D eigenvalue weighted by Gasteiger charge is -2.33. The summed E-state index contributed by atoms with van der Waals surface area (Å²) >= 11 is 0. The summed E-state index contributed by atoms with van der Waals surface area (Å²) in [6.07, 6.45) is 3.77. The molecular formula is C17H33N3O3. The van der Waals surface area contributed by atoms with Crippen molar-refractivity contribution in [3.63, 3.8) is 0 Å². The quantitative estimate of drug-likeness (QED) is 0.637. The van der Waals surface area contributed by atoms with E-state index in [1.807, 2.05) is 27.7 Å². The summed E-state index contributed by atoms with van der Waals surface area (Å²) in [6.45, 7) is 11.5. The predicted octanol–water partition coefficient (Wildman–Crippen LogP) is 2.25. The van der Waals surface area contributed by atoms with Crippen LogP contribution in [-0.4, -0.2) is 53.7 Å². The highest BCUT2D eigenvalue weighted by Gasteiger charge is 2.35. The normalized spacial score (nSPS) is 13.9. The van der Waals surface area contributed by atoms with E-state index < -0.39 is 17.4 Å². The van der Waals surface area contributed by atoms with Gasteiger partial charge in [0.05, 0.1) is 12.5 Å². The number of hydrogen-bond donors (Lipinski definition) is 2. The van der Waals surface area contributed by atoms with Crippen molar-refractivity contribution in [2.75, 3.05) is 20.6 Å². The SMILES string of the molecule is C=CN(O)C[C@@H](CCCC)C(=O)N[C@H](C(=O)N(C)C)C(C)(C)C. The van der Waals surface area contributed by atoms with Crippen molar-refractivity contribution in [3.05, 3.63) is 12.8 Å². The van der Waals surface area contributed by atoms with Gasteiger partial charge >= 0.3 is 0 Å². The molecule has 0 aromatic carbocycles. The average molecular weight is 327 g/mol. The zero-order valence-electron chi connectivity index (χ0n) is 15.4. The van der Waals surface area contributed by atoms with E-state index in [0.29, 0.717) is 6.42 Å². The van der Waals surface area contributed by atoms with Crippen molar-refractivity contribution in [1.82, 2.24) is 15.3 Å². The van der Waals surface area contributed by atoms with E-state index in [0.717, 1.165) is 17.9 Å². The maximum absolute atomic E-state index is 12.6. The molecular weight excluding hydrogens is 294 g/mol. The standard InChI is InChI=1S/C17H33N3O3/c1-8-10-11-13(12-20(23)9-2)15(21)18-14(17(3,4)5)16(22)19(6)7/h9,13-14,23H,2,8,10-12H2,1,3-7H3,(H,18,21)/t13-,14-/m1/s1. The highest BCUT2D eigenvalue weighted by Crippen LogP contribution is 2.22. The zero-order chi connectivity index (χ0) is 18.2. The first-order valence-electron chi connectivity index (χ1n) is 8.14. The molecule has 0 bridgehead atoms. The van der Waals surface area contributed by atoms with Gasteiger partial charge < -0.3 is 10.2 Å². The molecule has 0 radical (unpaired) electrons. The number of rotatable bonds is 9. The smallest absolute Gasteiger partial charge is 0.245 e. The summed E-state index contributed by atoms with van der Waals surface area (Å²) in [7, 11) is 3.35. The Hall–Kier alpha value is -1.56. The highest BCUT2D eigenvalue weighted by atomic mass is 16.5. The number of carbonyl (C=O) groups excluding carboxylic acids is 2. The average Bonchev–Trinajstić information content (AvgIpc) is 2.46. The van der Waals surface area contributed by atoms with Crippen LogP contribution in [0, 0.1) is 11.3 Å². The minimum atomic E-state index is -0.606. The van der Waals surface area contributed by atoms with Gasteiger partial charge in [-0.1, -0.05) is 47.1 Å². The fourth-order valence-electron chi connectivity index (χ4n) is 2.22. The van der Waals surface area contributed by atoms with Crippen molar-refractivity contribution in [2.24, 2.45) is 11.3 Å². The van der Waals surface area contributed by atoms with Crippen LogP contribution in [0.4, 0.5) is 0 Å². The summed E-state index contributed by atoms with van der Waals surface area (Å²) in [6, 6.07) is -0.606. The molecule has 6 nitrogen and oxygen atoms in total. The van der Waals surface area contributed by atoms with Crippen LogP contribution in [0.2, 0.25) is 0 Å². The van der Waals surface area contributed by atoms with E-state index in [-0.39, 0.29) is 18.4 Å². The summed E-state index contributed by atoms with van der Waals surface area (Å²) in [5.74, 6) is -0.739. The molecule has 0 saturated heterocycles. The fourth-order valence-corrected chi connectivity index (χ4v) is 2.22. The van der Waals surface area contributed by atoms with Crippen molar-refractivity contribution in [3.8, 4) is 0 Å². The second-order valence-electron chi connectivity index (χ2n) is 7.18. The number of nitrogens with one attached hydrogen (secondary N) is 1. The lowest BCUT2D eigenvalue weighted by Crippen LogP contribution is -2.55. The van der Waals surface area contributed by atoms with Crippen molar-refractivity contribution in [1.29, 1.82) is 0 Å². The van der Waals surface area contributed by atoms with Crippen LogP contribution in [-0.2, 0) is 9.59 Å². The molecule has 134 valence electrons. The Labute approximate surface area is 140 Å². The van der Waals surface area contributed by atoms with E-state index in [1.165, 1.54) is 11.1 Å². The highest BCUT2D eigenvalue weighted by molar-refractivity contribution is 5.89. The van der Waals surface area contributed by atoms with E-state index in [9.17, 15) is 14.8 Å². The monoisotopic (exact) mass is 327 g/mol. The molecule has 0 aromatic heterocycles. The lowest BCUT2D eigenvalue weighted by atomic mass is 9.85.